The van der Waals surface area contributed by atoms with Crippen LogP contribution in [0.3, 0.4) is 0 Å². The number of benzene rings is 1. The molecule has 3 saturated heterocycles. The number of esters is 1. The average Bonchev–Trinajstić information content (AvgIpc) is 3.10. The van der Waals surface area contributed by atoms with E-state index in [9.17, 15) is 26.2 Å². The summed E-state index contributed by atoms with van der Waals surface area (Å²) in [7, 11) is -8.43. The van der Waals surface area contributed by atoms with Crippen molar-refractivity contribution in [2.45, 2.75) is 41.0 Å². The quantitative estimate of drug-likeness (QED) is 0.385. The molecule has 2 bridgehead atoms. The molecule has 0 spiro atoms. The number of ether oxygens (including phenoxy) is 2. The van der Waals surface area contributed by atoms with Crippen molar-refractivity contribution in [1.82, 2.24) is 0 Å². The van der Waals surface area contributed by atoms with Crippen molar-refractivity contribution in [3.8, 4) is 0 Å². The predicted molar refractivity (Wildman–Crippen MR) is 74.5 cm³/mol. The molecule has 4 rings (SSSR count). The second-order valence-electron chi connectivity index (χ2n) is 5.82. The van der Waals surface area contributed by atoms with E-state index in [2.05, 4.69) is 0 Å². The summed E-state index contributed by atoms with van der Waals surface area (Å²) in [4.78, 5) is 11.7. The highest BCUT2D eigenvalue weighted by Gasteiger charge is 2.67. The van der Waals surface area contributed by atoms with Gasteiger partial charge in [0.05, 0.1) is 16.6 Å². The number of hydrogen-bond acceptors (Lipinski definition) is 9. The van der Waals surface area contributed by atoms with Crippen molar-refractivity contribution < 1.29 is 39.8 Å². The van der Waals surface area contributed by atoms with Gasteiger partial charge in [0.2, 0.25) is 0 Å². The monoisotopic (exact) mass is 375 g/mol. The van der Waals surface area contributed by atoms with E-state index >= 15 is 0 Å². The Hall–Kier alpha value is -1.53. The molecule has 0 N–H and O–H groups in total. The van der Waals surface area contributed by atoms with E-state index < -0.39 is 60.8 Å². The first-order valence-corrected chi connectivity index (χ1v) is 9.89. The van der Waals surface area contributed by atoms with Crippen molar-refractivity contribution in [1.29, 1.82) is 0 Å². The number of carbonyl (C=O) groups is 1. The fraction of sp³-hybridized carbons (Fsp3) is 0.462. The molecule has 9 nitrogen and oxygen atoms in total. The van der Waals surface area contributed by atoms with Gasteiger partial charge in [0, 0.05) is 0 Å². The summed E-state index contributed by atoms with van der Waals surface area (Å²) >= 11 is 0. The lowest BCUT2D eigenvalue weighted by atomic mass is 9.94. The largest absolute Gasteiger partial charge is 0.744 e. The summed E-state index contributed by atoms with van der Waals surface area (Å²) in [5.41, 5.74) is -0.132. The van der Waals surface area contributed by atoms with Crippen LogP contribution in [-0.2, 0) is 33.9 Å². The first-order chi connectivity index (χ1) is 11.2. The van der Waals surface area contributed by atoms with E-state index in [1.54, 1.807) is 0 Å². The molecule has 5 unspecified atom stereocenters. The molecule has 3 aliphatic heterocycles. The highest BCUT2D eigenvalue weighted by molar-refractivity contribution is 7.87. The highest BCUT2D eigenvalue weighted by atomic mass is 32.2. The van der Waals surface area contributed by atoms with Gasteiger partial charge in [-0.1, -0.05) is 6.07 Å². The molecular formula is C13H11O9S2-. The number of rotatable bonds is 3. The molecule has 0 aromatic heterocycles. The van der Waals surface area contributed by atoms with Gasteiger partial charge < -0.3 is 14.0 Å². The summed E-state index contributed by atoms with van der Waals surface area (Å²) in [6.07, 6.45) is -2.86. The van der Waals surface area contributed by atoms with Crippen molar-refractivity contribution in [2.75, 3.05) is 0 Å². The Labute approximate surface area is 137 Å². The second kappa shape index (κ2) is 4.99. The smallest absolute Gasteiger partial charge is 0.338 e. The van der Waals surface area contributed by atoms with Crippen LogP contribution >= 0.6 is 0 Å². The van der Waals surface area contributed by atoms with Gasteiger partial charge in [-0.2, -0.15) is 8.42 Å². The van der Waals surface area contributed by atoms with E-state index in [0.717, 1.165) is 12.1 Å². The third kappa shape index (κ3) is 2.35. The van der Waals surface area contributed by atoms with Crippen molar-refractivity contribution in [2.24, 2.45) is 0 Å². The van der Waals surface area contributed by atoms with Crippen molar-refractivity contribution in [3.63, 3.8) is 0 Å². The molecule has 3 aliphatic rings. The van der Waals surface area contributed by atoms with Gasteiger partial charge in [0.15, 0.2) is 6.10 Å². The Morgan fingerprint density at radius 1 is 1.29 bits per heavy atom. The Balaban J connectivity index is 1.56. The van der Waals surface area contributed by atoms with Crippen LogP contribution in [0.2, 0.25) is 0 Å². The summed E-state index contributed by atoms with van der Waals surface area (Å²) in [5.74, 6) is -0.883. The fourth-order valence-electron chi connectivity index (χ4n) is 3.34. The van der Waals surface area contributed by atoms with Crippen LogP contribution in [0.5, 0.6) is 0 Å². The Bertz CT molecular complexity index is 921. The maximum absolute atomic E-state index is 12.2. The minimum atomic E-state index is -4.71. The van der Waals surface area contributed by atoms with Crippen molar-refractivity contribution in [3.05, 3.63) is 29.8 Å². The topological polar surface area (TPSA) is 136 Å². The molecule has 3 heterocycles. The average molecular weight is 375 g/mol. The molecular weight excluding hydrogens is 364 g/mol. The number of fused-ring (bicyclic) bond motifs is 1. The number of hydrogen-bond donors (Lipinski definition) is 0. The van der Waals surface area contributed by atoms with Gasteiger partial charge >= 0.3 is 5.97 Å². The molecule has 0 radical (unpaired) electrons. The summed E-state index contributed by atoms with van der Waals surface area (Å²) < 4.78 is 72.4. The lowest BCUT2D eigenvalue weighted by Crippen LogP contribution is -2.41. The van der Waals surface area contributed by atoms with Gasteiger partial charge in [-0.05, 0) is 24.6 Å². The van der Waals surface area contributed by atoms with Gasteiger partial charge in [-0.15, -0.1) is 0 Å². The van der Waals surface area contributed by atoms with Crippen LogP contribution in [0.4, 0.5) is 0 Å². The Kier molecular flexibility index (Phi) is 3.32. The van der Waals surface area contributed by atoms with Crippen LogP contribution in [0.1, 0.15) is 16.8 Å². The maximum atomic E-state index is 12.2. The van der Waals surface area contributed by atoms with E-state index in [1.807, 2.05) is 0 Å². The van der Waals surface area contributed by atoms with Crippen LogP contribution in [-0.4, -0.2) is 57.0 Å². The Morgan fingerprint density at radius 2 is 2.04 bits per heavy atom. The van der Waals surface area contributed by atoms with E-state index in [4.69, 9.17) is 13.7 Å². The fourth-order valence-corrected chi connectivity index (χ4v) is 5.50. The van der Waals surface area contributed by atoms with E-state index in [1.165, 1.54) is 12.1 Å². The lowest BCUT2D eigenvalue weighted by molar-refractivity contribution is -0.00953. The Morgan fingerprint density at radius 3 is 2.75 bits per heavy atom. The third-order valence-electron chi connectivity index (χ3n) is 4.39. The zero-order chi connectivity index (χ0) is 17.3. The zero-order valence-electron chi connectivity index (χ0n) is 11.9. The molecule has 0 amide bonds. The van der Waals surface area contributed by atoms with Gasteiger partial charge in [-0.3, -0.25) is 4.18 Å². The molecule has 11 heteroatoms. The molecule has 24 heavy (non-hydrogen) atoms. The van der Waals surface area contributed by atoms with Crippen molar-refractivity contribution >= 4 is 26.2 Å². The molecule has 3 fully saturated rings. The van der Waals surface area contributed by atoms with Crippen LogP contribution < -0.4 is 0 Å². The second-order valence-corrected chi connectivity index (χ2v) is 8.98. The SMILES string of the molecule is O=C(OC1C2CC3C(O2)C1OS3(=O)=O)c1cccc(S(=O)(=O)[O-])c1. The van der Waals surface area contributed by atoms with E-state index in [-0.39, 0.29) is 12.0 Å². The van der Waals surface area contributed by atoms with Gasteiger partial charge in [-0.25, -0.2) is 13.2 Å². The third-order valence-corrected chi connectivity index (χ3v) is 6.92. The van der Waals surface area contributed by atoms with Crippen LogP contribution in [0.25, 0.3) is 0 Å². The van der Waals surface area contributed by atoms with E-state index in [0.29, 0.717) is 0 Å². The van der Waals surface area contributed by atoms with Gasteiger partial charge in [0.25, 0.3) is 10.1 Å². The summed E-state index contributed by atoms with van der Waals surface area (Å²) in [6.45, 7) is 0. The minimum Gasteiger partial charge on any atom is -0.744 e. The summed E-state index contributed by atoms with van der Waals surface area (Å²) in [6, 6.07) is 4.51. The first kappa shape index (κ1) is 16.0. The standard InChI is InChI=1S/C13H12O9S2/c14-13(6-2-1-3-7(4-6)23(15,16)17)21-10-8-5-9-11(20-8)12(10)22-24(9,18)19/h1-4,8-12H,5H2,(H,15,16,17)/p-1. The maximum Gasteiger partial charge on any atom is 0.338 e. The van der Waals surface area contributed by atoms with Crippen LogP contribution in [0.15, 0.2) is 29.2 Å². The zero-order valence-corrected chi connectivity index (χ0v) is 13.5. The molecule has 0 saturated carbocycles. The molecule has 1 aromatic rings. The molecule has 130 valence electrons. The minimum absolute atomic E-state index is 0.132. The normalized spacial score (nSPS) is 36.0. The summed E-state index contributed by atoms with van der Waals surface area (Å²) in [5, 5.41) is -0.739. The lowest BCUT2D eigenvalue weighted by Gasteiger charge is -2.22. The van der Waals surface area contributed by atoms with Crippen LogP contribution in [0, 0.1) is 0 Å². The molecule has 5 atom stereocenters. The first-order valence-electron chi connectivity index (χ1n) is 7.01. The molecule has 1 aromatic carbocycles. The molecule has 0 aliphatic carbocycles. The highest BCUT2D eigenvalue weighted by Crippen LogP contribution is 2.47. The number of carbonyl (C=O) groups excluding carboxylic acids is 1. The van der Waals surface area contributed by atoms with Gasteiger partial charge in [0.1, 0.15) is 27.6 Å². The predicted octanol–water partition coefficient (Wildman–Crippen LogP) is -0.616.